The monoisotopic (exact) mass is 141 g/mol. The molecule has 0 aromatic rings. The maximum absolute atomic E-state index is 8.51. The van der Waals surface area contributed by atoms with Gasteiger partial charge in [-0.15, -0.1) is 0 Å². The molecule has 0 aliphatic rings. The van der Waals surface area contributed by atoms with Gasteiger partial charge in [0.2, 0.25) is 0 Å². The van der Waals surface area contributed by atoms with Crippen molar-refractivity contribution in [3.63, 3.8) is 0 Å². The van der Waals surface area contributed by atoms with Gasteiger partial charge in [-0.2, -0.15) is 5.26 Å². The molecule has 2 N–H and O–H groups in total. The van der Waals surface area contributed by atoms with Crippen LogP contribution in [-0.2, 0) is 0 Å². The minimum Gasteiger partial charge on any atom is -0.314 e. The Kier molecular flexibility index (Phi) is 3.34. The van der Waals surface area contributed by atoms with Crippen molar-refractivity contribution in [2.24, 2.45) is 5.73 Å². The largest absolute Gasteiger partial charge is 0.314 e. The van der Waals surface area contributed by atoms with Gasteiger partial charge in [-0.1, -0.05) is 0 Å². The molecule has 0 aromatic carbocycles. The van der Waals surface area contributed by atoms with Gasteiger partial charge in [-0.25, -0.2) is 0 Å². The first-order valence-corrected chi connectivity index (χ1v) is 3.33. The summed E-state index contributed by atoms with van der Waals surface area (Å²) in [6.07, 6.45) is 0.719. The number of rotatable bonds is 3. The maximum atomic E-state index is 8.51. The molecule has 0 saturated heterocycles. The SMILES string of the molecule is CN(C)CCC(C)(N)C#N. The van der Waals surface area contributed by atoms with E-state index in [9.17, 15) is 0 Å². The lowest BCUT2D eigenvalue weighted by molar-refractivity contribution is 0.363. The summed E-state index contributed by atoms with van der Waals surface area (Å²) in [6.45, 7) is 2.61. The fraction of sp³-hybridized carbons (Fsp3) is 0.857. The second-order valence-corrected chi connectivity index (χ2v) is 3.08. The van der Waals surface area contributed by atoms with Gasteiger partial charge in [0.15, 0.2) is 0 Å². The van der Waals surface area contributed by atoms with Gasteiger partial charge in [0, 0.05) is 6.54 Å². The zero-order valence-electron chi connectivity index (χ0n) is 6.89. The number of hydrogen-bond donors (Lipinski definition) is 1. The van der Waals surface area contributed by atoms with Gasteiger partial charge in [-0.05, 0) is 27.4 Å². The van der Waals surface area contributed by atoms with Crippen LogP contribution in [0, 0.1) is 11.3 Å². The third-order valence-electron chi connectivity index (χ3n) is 1.33. The molecule has 58 valence electrons. The lowest BCUT2D eigenvalue weighted by Gasteiger charge is -2.17. The molecular weight excluding hydrogens is 126 g/mol. The molecule has 1 atom stereocenters. The van der Waals surface area contributed by atoms with Crippen LogP contribution >= 0.6 is 0 Å². The zero-order chi connectivity index (χ0) is 8.20. The second kappa shape index (κ2) is 3.55. The van der Waals surface area contributed by atoms with Crippen LogP contribution in [0.1, 0.15) is 13.3 Å². The summed E-state index contributed by atoms with van der Waals surface area (Å²) in [5, 5.41) is 8.51. The number of nitrogens with two attached hydrogens (primary N) is 1. The number of hydrogen-bond acceptors (Lipinski definition) is 3. The predicted molar refractivity (Wildman–Crippen MR) is 41.4 cm³/mol. The topological polar surface area (TPSA) is 53.0 Å². The summed E-state index contributed by atoms with van der Waals surface area (Å²) in [4.78, 5) is 2.02. The summed E-state index contributed by atoms with van der Waals surface area (Å²) >= 11 is 0. The maximum Gasteiger partial charge on any atom is 0.102 e. The van der Waals surface area contributed by atoms with Crippen molar-refractivity contribution in [3.05, 3.63) is 0 Å². The molecule has 3 nitrogen and oxygen atoms in total. The summed E-state index contributed by atoms with van der Waals surface area (Å²) < 4.78 is 0. The molecule has 0 aliphatic heterocycles. The van der Waals surface area contributed by atoms with Gasteiger partial charge >= 0.3 is 0 Å². The van der Waals surface area contributed by atoms with E-state index in [2.05, 4.69) is 0 Å². The lowest BCUT2D eigenvalue weighted by Crippen LogP contribution is -2.37. The van der Waals surface area contributed by atoms with E-state index in [1.807, 2.05) is 25.1 Å². The van der Waals surface area contributed by atoms with Crippen molar-refractivity contribution in [1.82, 2.24) is 4.90 Å². The molecule has 0 aliphatic carbocycles. The van der Waals surface area contributed by atoms with E-state index < -0.39 is 5.54 Å². The molecule has 0 saturated carbocycles. The third kappa shape index (κ3) is 4.30. The normalized spacial score (nSPS) is 16.4. The van der Waals surface area contributed by atoms with Crippen LogP contribution in [0.5, 0.6) is 0 Å². The third-order valence-corrected chi connectivity index (χ3v) is 1.33. The molecule has 0 rings (SSSR count). The smallest absolute Gasteiger partial charge is 0.102 e. The molecule has 10 heavy (non-hydrogen) atoms. The van der Waals surface area contributed by atoms with Gasteiger partial charge in [0.1, 0.15) is 5.54 Å². The molecule has 0 fully saturated rings. The fourth-order valence-corrected chi connectivity index (χ4v) is 0.512. The van der Waals surface area contributed by atoms with Crippen molar-refractivity contribution >= 4 is 0 Å². The van der Waals surface area contributed by atoms with E-state index in [4.69, 9.17) is 11.0 Å². The van der Waals surface area contributed by atoms with Crippen LogP contribution < -0.4 is 5.73 Å². The van der Waals surface area contributed by atoms with Crippen molar-refractivity contribution in [2.75, 3.05) is 20.6 Å². The molecule has 1 unspecified atom stereocenters. The van der Waals surface area contributed by atoms with E-state index >= 15 is 0 Å². The van der Waals surface area contributed by atoms with Crippen molar-refractivity contribution in [2.45, 2.75) is 18.9 Å². The van der Waals surface area contributed by atoms with E-state index in [0.29, 0.717) is 0 Å². The van der Waals surface area contributed by atoms with Crippen LogP contribution in [0.15, 0.2) is 0 Å². The minimum atomic E-state index is -0.662. The molecular formula is C7H15N3. The standard InChI is InChI=1S/C7H15N3/c1-7(9,6-8)4-5-10(2)3/h4-5,9H2,1-3H3. The van der Waals surface area contributed by atoms with Gasteiger partial charge in [0.05, 0.1) is 6.07 Å². The molecule has 0 amide bonds. The van der Waals surface area contributed by atoms with Crippen LogP contribution in [0.4, 0.5) is 0 Å². The Balaban J connectivity index is 3.60. The number of nitriles is 1. The average Bonchev–Trinajstić information content (AvgIpc) is 1.85. The first-order valence-electron chi connectivity index (χ1n) is 3.33. The highest BCUT2D eigenvalue weighted by molar-refractivity contribution is 5.00. The Labute approximate surface area is 62.4 Å². The molecule has 0 bridgehead atoms. The molecule has 3 heteroatoms. The highest BCUT2D eigenvalue weighted by Gasteiger charge is 2.16. The Morgan fingerprint density at radius 3 is 2.40 bits per heavy atom. The van der Waals surface area contributed by atoms with Crippen molar-refractivity contribution < 1.29 is 0 Å². The van der Waals surface area contributed by atoms with Crippen LogP contribution in [0.2, 0.25) is 0 Å². The van der Waals surface area contributed by atoms with E-state index in [-0.39, 0.29) is 0 Å². The number of nitrogens with zero attached hydrogens (tertiary/aromatic N) is 2. The summed E-state index contributed by atoms with van der Waals surface area (Å²) in [5.74, 6) is 0. The highest BCUT2D eigenvalue weighted by Crippen LogP contribution is 2.02. The molecule has 0 aromatic heterocycles. The quantitative estimate of drug-likeness (QED) is 0.610. The molecule has 0 radical (unpaired) electrons. The van der Waals surface area contributed by atoms with E-state index in [1.165, 1.54) is 0 Å². The summed E-state index contributed by atoms with van der Waals surface area (Å²) in [6, 6.07) is 2.05. The van der Waals surface area contributed by atoms with E-state index in [0.717, 1.165) is 13.0 Å². The Hall–Kier alpha value is -0.590. The Morgan fingerprint density at radius 1 is 1.60 bits per heavy atom. The fourth-order valence-electron chi connectivity index (χ4n) is 0.512. The van der Waals surface area contributed by atoms with E-state index in [1.54, 1.807) is 6.92 Å². The van der Waals surface area contributed by atoms with Gasteiger partial charge in [0.25, 0.3) is 0 Å². The summed E-state index contributed by atoms with van der Waals surface area (Å²) in [7, 11) is 3.93. The first-order chi connectivity index (χ1) is 4.48. The van der Waals surface area contributed by atoms with Crippen LogP contribution in [-0.4, -0.2) is 31.1 Å². The lowest BCUT2D eigenvalue weighted by atomic mass is 10.0. The van der Waals surface area contributed by atoms with Crippen LogP contribution in [0.3, 0.4) is 0 Å². The van der Waals surface area contributed by atoms with Crippen molar-refractivity contribution in [3.8, 4) is 6.07 Å². The van der Waals surface area contributed by atoms with Crippen LogP contribution in [0.25, 0.3) is 0 Å². The van der Waals surface area contributed by atoms with Gasteiger partial charge in [-0.3, -0.25) is 0 Å². The molecule has 0 spiro atoms. The highest BCUT2D eigenvalue weighted by atomic mass is 15.1. The summed E-state index contributed by atoms with van der Waals surface area (Å²) in [5.41, 5.74) is 4.91. The zero-order valence-corrected chi connectivity index (χ0v) is 6.89. The minimum absolute atomic E-state index is 0.662. The predicted octanol–water partition coefficient (Wildman–Crippen LogP) is 0.179. The second-order valence-electron chi connectivity index (χ2n) is 3.08. The molecule has 0 heterocycles. The van der Waals surface area contributed by atoms with Crippen molar-refractivity contribution in [1.29, 1.82) is 5.26 Å². The average molecular weight is 141 g/mol. The first kappa shape index (κ1) is 9.41. The van der Waals surface area contributed by atoms with Gasteiger partial charge < -0.3 is 10.6 Å². The Morgan fingerprint density at radius 2 is 2.10 bits per heavy atom. The Bertz CT molecular complexity index is 132.